The van der Waals surface area contributed by atoms with Gasteiger partial charge in [0.1, 0.15) is 23.0 Å². The van der Waals surface area contributed by atoms with E-state index in [1.165, 1.54) is 0 Å². The number of methoxy groups -OCH3 is 2. The van der Waals surface area contributed by atoms with Crippen molar-refractivity contribution in [3.63, 3.8) is 0 Å². The number of benzene rings is 3. The maximum Gasteiger partial charge on any atom is 0.255 e. The highest BCUT2D eigenvalue weighted by Crippen LogP contribution is 2.27. The molecule has 5 heteroatoms. The Morgan fingerprint density at radius 2 is 1.38 bits per heavy atom. The number of rotatable bonds is 6. The zero-order valence-electron chi connectivity index (χ0n) is 14.6. The molecule has 3 aromatic carbocycles. The summed E-state index contributed by atoms with van der Waals surface area (Å²) >= 11 is 0. The van der Waals surface area contributed by atoms with Gasteiger partial charge in [0.05, 0.1) is 14.2 Å². The lowest BCUT2D eigenvalue weighted by Gasteiger charge is -2.11. The molecule has 5 nitrogen and oxygen atoms in total. The fourth-order valence-electron chi connectivity index (χ4n) is 2.41. The van der Waals surface area contributed by atoms with E-state index in [9.17, 15) is 4.79 Å². The fraction of sp³-hybridized carbons (Fsp3) is 0.0952. The molecule has 0 aromatic heterocycles. The first-order chi connectivity index (χ1) is 12.7. The third kappa shape index (κ3) is 4.33. The molecule has 0 unspecified atom stereocenters. The van der Waals surface area contributed by atoms with Crippen LogP contribution in [-0.4, -0.2) is 20.1 Å². The second kappa shape index (κ2) is 8.07. The number of nitrogens with one attached hydrogen (secondary N) is 1. The predicted octanol–water partition coefficient (Wildman–Crippen LogP) is 4.75. The molecule has 0 radical (unpaired) electrons. The molecule has 3 aromatic rings. The van der Waals surface area contributed by atoms with E-state index in [1.54, 1.807) is 56.7 Å². The Hall–Kier alpha value is -3.47. The summed E-state index contributed by atoms with van der Waals surface area (Å²) in [4.78, 5) is 12.6. The Bertz CT molecular complexity index is 871. The largest absolute Gasteiger partial charge is 0.497 e. The number of hydrogen-bond donors (Lipinski definition) is 1. The van der Waals surface area contributed by atoms with Crippen LogP contribution < -0.4 is 19.5 Å². The van der Waals surface area contributed by atoms with Crippen LogP contribution in [0.2, 0.25) is 0 Å². The van der Waals surface area contributed by atoms with E-state index in [0.29, 0.717) is 34.2 Å². The zero-order valence-corrected chi connectivity index (χ0v) is 14.6. The molecular formula is C21H19NO4. The molecule has 26 heavy (non-hydrogen) atoms. The van der Waals surface area contributed by atoms with E-state index in [1.807, 2.05) is 30.3 Å². The van der Waals surface area contributed by atoms with Crippen molar-refractivity contribution < 1.29 is 19.0 Å². The van der Waals surface area contributed by atoms with Crippen molar-refractivity contribution >= 4 is 11.6 Å². The van der Waals surface area contributed by atoms with Crippen molar-refractivity contribution in [2.24, 2.45) is 0 Å². The number of carbonyl (C=O) groups is 1. The smallest absolute Gasteiger partial charge is 0.255 e. The summed E-state index contributed by atoms with van der Waals surface area (Å²) in [6, 6.07) is 21.6. The predicted molar refractivity (Wildman–Crippen MR) is 100 cm³/mol. The minimum Gasteiger partial charge on any atom is -0.497 e. The first-order valence-electron chi connectivity index (χ1n) is 8.05. The van der Waals surface area contributed by atoms with Gasteiger partial charge in [0.2, 0.25) is 0 Å². The molecule has 1 amide bonds. The van der Waals surface area contributed by atoms with E-state index in [2.05, 4.69) is 5.32 Å². The van der Waals surface area contributed by atoms with Crippen molar-refractivity contribution in [1.82, 2.24) is 0 Å². The van der Waals surface area contributed by atoms with Gasteiger partial charge in [-0.3, -0.25) is 4.79 Å². The van der Waals surface area contributed by atoms with Crippen molar-refractivity contribution in [3.05, 3.63) is 78.4 Å². The number of para-hydroxylation sites is 1. The Morgan fingerprint density at radius 3 is 2.04 bits per heavy atom. The van der Waals surface area contributed by atoms with Crippen molar-refractivity contribution in [1.29, 1.82) is 0 Å². The van der Waals surface area contributed by atoms with Gasteiger partial charge in [-0.15, -0.1) is 0 Å². The average Bonchev–Trinajstić information content (AvgIpc) is 2.68. The quantitative estimate of drug-likeness (QED) is 0.698. The molecule has 132 valence electrons. The lowest BCUT2D eigenvalue weighted by molar-refractivity contribution is 0.102. The van der Waals surface area contributed by atoms with Crippen LogP contribution in [0.3, 0.4) is 0 Å². The van der Waals surface area contributed by atoms with E-state index in [4.69, 9.17) is 14.2 Å². The third-order valence-corrected chi connectivity index (χ3v) is 3.68. The van der Waals surface area contributed by atoms with Crippen LogP contribution >= 0.6 is 0 Å². The summed E-state index contributed by atoms with van der Waals surface area (Å²) in [7, 11) is 3.12. The molecule has 0 aliphatic rings. The van der Waals surface area contributed by atoms with Crippen LogP contribution in [0.1, 0.15) is 10.4 Å². The minimum absolute atomic E-state index is 0.251. The summed E-state index contributed by atoms with van der Waals surface area (Å²) in [5, 5.41) is 2.84. The van der Waals surface area contributed by atoms with Gasteiger partial charge < -0.3 is 19.5 Å². The summed E-state index contributed by atoms with van der Waals surface area (Å²) in [5.41, 5.74) is 1.07. The van der Waals surface area contributed by atoms with Crippen LogP contribution in [0, 0.1) is 0 Å². The summed E-state index contributed by atoms with van der Waals surface area (Å²) in [6.45, 7) is 0. The van der Waals surface area contributed by atoms with E-state index in [-0.39, 0.29) is 5.91 Å². The highest BCUT2D eigenvalue weighted by molar-refractivity contribution is 6.04. The minimum atomic E-state index is -0.251. The average molecular weight is 349 g/mol. The van der Waals surface area contributed by atoms with E-state index >= 15 is 0 Å². The van der Waals surface area contributed by atoms with Crippen LogP contribution in [0.25, 0.3) is 0 Å². The molecule has 0 aliphatic carbocycles. The Morgan fingerprint density at radius 1 is 0.731 bits per heavy atom. The molecule has 3 rings (SSSR count). The summed E-state index contributed by atoms with van der Waals surface area (Å²) in [5.74, 6) is 2.25. The maximum atomic E-state index is 12.6. The number of amides is 1. The second-order valence-corrected chi connectivity index (χ2v) is 5.50. The van der Waals surface area contributed by atoms with Gasteiger partial charge in [0.15, 0.2) is 0 Å². The van der Waals surface area contributed by atoms with Gasteiger partial charge in [-0.1, -0.05) is 24.3 Å². The van der Waals surface area contributed by atoms with Gasteiger partial charge >= 0.3 is 0 Å². The topological polar surface area (TPSA) is 56.8 Å². The number of anilines is 1. The normalized spacial score (nSPS) is 10.1. The molecule has 0 aliphatic heterocycles. The van der Waals surface area contributed by atoms with Crippen LogP contribution in [0.4, 0.5) is 5.69 Å². The molecule has 0 spiro atoms. The van der Waals surface area contributed by atoms with Gasteiger partial charge in [0.25, 0.3) is 5.91 Å². The van der Waals surface area contributed by atoms with Gasteiger partial charge in [-0.2, -0.15) is 0 Å². The Kier molecular flexibility index (Phi) is 5.39. The number of hydrogen-bond acceptors (Lipinski definition) is 4. The molecule has 0 saturated carbocycles. The van der Waals surface area contributed by atoms with Gasteiger partial charge in [0, 0.05) is 29.4 Å². The first kappa shape index (κ1) is 17.4. The molecular weight excluding hydrogens is 330 g/mol. The van der Waals surface area contributed by atoms with Crippen molar-refractivity contribution in [2.45, 2.75) is 0 Å². The zero-order chi connectivity index (χ0) is 18.4. The monoisotopic (exact) mass is 349 g/mol. The highest BCUT2D eigenvalue weighted by Gasteiger charge is 2.10. The standard InChI is InChI=1S/C21H19NO4/c1-24-19-12-16(13-20(14-19)25-2)22-21(23)15-7-6-10-18(11-15)26-17-8-4-3-5-9-17/h3-14H,1-2H3,(H,22,23). The van der Waals surface area contributed by atoms with Gasteiger partial charge in [-0.25, -0.2) is 0 Å². The van der Waals surface area contributed by atoms with E-state index < -0.39 is 0 Å². The van der Waals surface area contributed by atoms with Crippen molar-refractivity contribution in [2.75, 3.05) is 19.5 Å². The van der Waals surface area contributed by atoms with Crippen LogP contribution in [0.5, 0.6) is 23.0 Å². The van der Waals surface area contributed by atoms with Crippen molar-refractivity contribution in [3.8, 4) is 23.0 Å². The van der Waals surface area contributed by atoms with Crippen LogP contribution in [0.15, 0.2) is 72.8 Å². The summed E-state index contributed by atoms with van der Waals surface area (Å²) < 4.78 is 16.2. The number of carbonyl (C=O) groups excluding carboxylic acids is 1. The Balaban J connectivity index is 1.77. The maximum absolute atomic E-state index is 12.6. The van der Waals surface area contributed by atoms with Gasteiger partial charge in [-0.05, 0) is 30.3 Å². The third-order valence-electron chi connectivity index (χ3n) is 3.68. The molecule has 0 atom stereocenters. The lowest BCUT2D eigenvalue weighted by atomic mass is 10.2. The molecule has 0 saturated heterocycles. The SMILES string of the molecule is COc1cc(NC(=O)c2cccc(Oc3ccccc3)c2)cc(OC)c1. The summed E-state index contributed by atoms with van der Waals surface area (Å²) in [6.07, 6.45) is 0. The molecule has 0 heterocycles. The first-order valence-corrected chi connectivity index (χ1v) is 8.05. The fourth-order valence-corrected chi connectivity index (χ4v) is 2.41. The Labute approximate surface area is 152 Å². The lowest BCUT2D eigenvalue weighted by Crippen LogP contribution is -2.12. The van der Waals surface area contributed by atoms with Crippen LogP contribution in [-0.2, 0) is 0 Å². The molecule has 1 N–H and O–H groups in total. The van der Waals surface area contributed by atoms with E-state index in [0.717, 1.165) is 0 Å². The second-order valence-electron chi connectivity index (χ2n) is 5.50. The highest BCUT2D eigenvalue weighted by atomic mass is 16.5. The molecule has 0 fully saturated rings. The molecule has 0 bridgehead atoms. The number of ether oxygens (including phenoxy) is 3.